The average molecular weight is 224 g/mol. The highest BCUT2D eigenvalue weighted by Gasteiger charge is 2.10. The first-order valence-electron chi connectivity index (χ1n) is 4.34. The number of carbonyl (C=O) groups is 1. The van der Waals surface area contributed by atoms with Crippen LogP contribution in [0, 0.1) is 0 Å². The lowest BCUT2D eigenvalue weighted by atomic mass is 10.3. The minimum atomic E-state index is -0.870. The lowest BCUT2D eigenvalue weighted by molar-refractivity contribution is -0.137. The molecular weight excluding hydrogens is 216 g/mol. The van der Waals surface area contributed by atoms with Gasteiger partial charge in [-0.25, -0.2) is 0 Å². The van der Waals surface area contributed by atoms with Gasteiger partial charge in [-0.2, -0.15) is 0 Å². The number of hydrogen-bond donors (Lipinski definition) is 1. The molecule has 0 aliphatic carbocycles. The molecule has 15 heavy (non-hydrogen) atoms. The van der Waals surface area contributed by atoms with Gasteiger partial charge in [0.25, 0.3) is 5.89 Å². The molecule has 2 aromatic rings. The van der Waals surface area contributed by atoms with Gasteiger partial charge in [0.05, 0.1) is 11.3 Å². The van der Waals surface area contributed by atoms with E-state index in [2.05, 4.69) is 10.2 Å². The van der Waals surface area contributed by atoms with Crippen molar-refractivity contribution in [2.75, 3.05) is 0 Å². The topological polar surface area (TPSA) is 76.2 Å². The van der Waals surface area contributed by atoms with Gasteiger partial charge in [-0.05, 0) is 11.4 Å². The Kier molecular flexibility index (Phi) is 2.77. The van der Waals surface area contributed by atoms with Crippen LogP contribution in [0.15, 0.2) is 21.9 Å². The average Bonchev–Trinajstić information content (AvgIpc) is 2.85. The molecule has 0 saturated carbocycles. The first-order chi connectivity index (χ1) is 7.25. The Morgan fingerprint density at radius 3 is 3.07 bits per heavy atom. The summed E-state index contributed by atoms with van der Waals surface area (Å²) in [5.74, 6) is -0.0583. The number of aryl methyl sites for hydroxylation is 1. The molecule has 0 aliphatic rings. The van der Waals surface area contributed by atoms with Crippen molar-refractivity contribution >= 4 is 17.3 Å². The second kappa shape index (κ2) is 4.22. The smallest absolute Gasteiger partial charge is 0.303 e. The summed E-state index contributed by atoms with van der Waals surface area (Å²) in [6.07, 6.45) is 0.278. The van der Waals surface area contributed by atoms with Crippen LogP contribution in [-0.4, -0.2) is 21.3 Å². The predicted octanol–water partition coefficient (Wildman–Crippen LogP) is 1.82. The fourth-order valence-corrected chi connectivity index (χ4v) is 1.71. The maximum Gasteiger partial charge on any atom is 0.303 e. The first kappa shape index (κ1) is 9.85. The maximum absolute atomic E-state index is 10.3. The number of nitrogens with zero attached hydrogens (tertiary/aromatic N) is 2. The molecule has 78 valence electrons. The van der Waals surface area contributed by atoms with E-state index >= 15 is 0 Å². The Bertz CT molecular complexity index is 450. The molecule has 1 N–H and O–H groups in total. The molecule has 0 spiro atoms. The van der Waals surface area contributed by atoms with E-state index in [1.807, 2.05) is 17.5 Å². The molecule has 5 nitrogen and oxygen atoms in total. The van der Waals surface area contributed by atoms with E-state index < -0.39 is 5.97 Å². The van der Waals surface area contributed by atoms with Crippen LogP contribution in [0.3, 0.4) is 0 Å². The Labute approximate surface area is 89.4 Å². The largest absolute Gasteiger partial charge is 0.481 e. The number of hydrogen-bond acceptors (Lipinski definition) is 5. The molecule has 0 bridgehead atoms. The minimum Gasteiger partial charge on any atom is -0.481 e. The Balaban J connectivity index is 2.08. The minimum absolute atomic E-state index is 0.00603. The third kappa shape index (κ3) is 2.41. The summed E-state index contributed by atoms with van der Waals surface area (Å²) in [4.78, 5) is 11.2. The first-order valence-corrected chi connectivity index (χ1v) is 5.22. The van der Waals surface area contributed by atoms with E-state index in [0.717, 1.165) is 4.88 Å². The van der Waals surface area contributed by atoms with Gasteiger partial charge in [-0.3, -0.25) is 4.79 Å². The van der Waals surface area contributed by atoms with Crippen LogP contribution in [-0.2, 0) is 11.2 Å². The van der Waals surface area contributed by atoms with Gasteiger partial charge in [-0.15, -0.1) is 21.5 Å². The number of carboxylic acid groups (broad SMARTS) is 1. The van der Waals surface area contributed by atoms with E-state index in [1.165, 1.54) is 11.3 Å². The Morgan fingerprint density at radius 1 is 1.53 bits per heavy atom. The van der Waals surface area contributed by atoms with Crippen LogP contribution in [0.25, 0.3) is 10.8 Å². The SMILES string of the molecule is O=C(O)CCc1nnc(-c2cccs2)o1. The summed E-state index contributed by atoms with van der Waals surface area (Å²) < 4.78 is 5.30. The van der Waals surface area contributed by atoms with Gasteiger partial charge in [0, 0.05) is 6.42 Å². The number of aromatic nitrogens is 2. The summed E-state index contributed by atoms with van der Waals surface area (Å²) in [5, 5.41) is 18.0. The quantitative estimate of drug-likeness (QED) is 0.857. The van der Waals surface area contributed by atoms with Crippen LogP contribution in [0.2, 0.25) is 0 Å². The molecule has 6 heteroatoms. The van der Waals surface area contributed by atoms with Gasteiger partial charge < -0.3 is 9.52 Å². The second-order valence-electron chi connectivity index (χ2n) is 2.87. The van der Waals surface area contributed by atoms with E-state index in [-0.39, 0.29) is 12.8 Å². The van der Waals surface area contributed by atoms with Gasteiger partial charge in [-0.1, -0.05) is 6.07 Å². The van der Waals surface area contributed by atoms with Crippen LogP contribution in [0.4, 0.5) is 0 Å². The van der Waals surface area contributed by atoms with Crippen LogP contribution in [0.1, 0.15) is 12.3 Å². The van der Waals surface area contributed by atoms with Crippen molar-refractivity contribution in [3.8, 4) is 10.8 Å². The van der Waals surface area contributed by atoms with Gasteiger partial charge in [0.15, 0.2) is 0 Å². The molecule has 0 amide bonds. The van der Waals surface area contributed by atoms with Crippen molar-refractivity contribution in [2.24, 2.45) is 0 Å². The van der Waals surface area contributed by atoms with Crippen molar-refractivity contribution in [3.05, 3.63) is 23.4 Å². The van der Waals surface area contributed by atoms with E-state index in [4.69, 9.17) is 9.52 Å². The zero-order chi connectivity index (χ0) is 10.7. The molecule has 0 unspecified atom stereocenters. The standard InChI is InChI=1S/C9H8N2O3S/c12-8(13)4-3-7-10-11-9(14-7)6-2-1-5-15-6/h1-2,5H,3-4H2,(H,12,13). The van der Waals surface area contributed by atoms with Crippen LogP contribution in [0.5, 0.6) is 0 Å². The molecule has 2 aromatic heterocycles. The fourth-order valence-electron chi connectivity index (χ4n) is 1.07. The number of thiophene rings is 1. The lowest BCUT2D eigenvalue weighted by Gasteiger charge is -1.89. The van der Waals surface area contributed by atoms with Crippen molar-refractivity contribution in [2.45, 2.75) is 12.8 Å². The zero-order valence-electron chi connectivity index (χ0n) is 7.71. The van der Waals surface area contributed by atoms with E-state index in [1.54, 1.807) is 0 Å². The number of rotatable bonds is 4. The van der Waals surface area contributed by atoms with Crippen LogP contribution < -0.4 is 0 Å². The van der Waals surface area contributed by atoms with Gasteiger partial charge >= 0.3 is 5.97 Å². The monoisotopic (exact) mass is 224 g/mol. The molecule has 2 rings (SSSR count). The number of aliphatic carboxylic acids is 1. The molecule has 0 saturated heterocycles. The summed E-state index contributed by atoms with van der Waals surface area (Å²) >= 11 is 1.50. The van der Waals surface area contributed by atoms with Crippen molar-refractivity contribution in [1.29, 1.82) is 0 Å². The van der Waals surface area contributed by atoms with Gasteiger partial charge in [0.1, 0.15) is 0 Å². The van der Waals surface area contributed by atoms with Crippen molar-refractivity contribution < 1.29 is 14.3 Å². The summed E-state index contributed by atoms with van der Waals surface area (Å²) in [6.45, 7) is 0. The van der Waals surface area contributed by atoms with Gasteiger partial charge in [0.2, 0.25) is 5.89 Å². The summed E-state index contributed by atoms with van der Waals surface area (Å²) in [5.41, 5.74) is 0. The normalized spacial score (nSPS) is 10.4. The molecule has 0 fully saturated rings. The highest BCUT2D eigenvalue weighted by molar-refractivity contribution is 7.13. The Hall–Kier alpha value is -1.69. The lowest BCUT2D eigenvalue weighted by Crippen LogP contribution is -1.97. The summed E-state index contributed by atoms with van der Waals surface area (Å²) in [6, 6.07) is 3.76. The van der Waals surface area contributed by atoms with E-state index in [9.17, 15) is 4.79 Å². The van der Waals surface area contributed by atoms with Crippen molar-refractivity contribution in [1.82, 2.24) is 10.2 Å². The van der Waals surface area contributed by atoms with Crippen LogP contribution >= 0.6 is 11.3 Å². The molecule has 0 atom stereocenters. The third-order valence-electron chi connectivity index (χ3n) is 1.75. The zero-order valence-corrected chi connectivity index (χ0v) is 8.53. The fraction of sp³-hybridized carbons (Fsp3) is 0.222. The second-order valence-corrected chi connectivity index (χ2v) is 3.82. The number of carboxylic acids is 1. The third-order valence-corrected chi connectivity index (χ3v) is 2.61. The summed E-state index contributed by atoms with van der Waals surface area (Å²) in [7, 11) is 0. The molecule has 2 heterocycles. The van der Waals surface area contributed by atoms with E-state index in [0.29, 0.717) is 11.8 Å². The molecule has 0 aromatic carbocycles. The predicted molar refractivity (Wildman–Crippen MR) is 53.6 cm³/mol. The molecule has 0 aliphatic heterocycles. The maximum atomic E-state index is 10.3. The molecular formula is C9H8N2O3S. The highest BCUT2D eigenvalue weighted by atomic mass is 32.1. The Morgan fingerprint density at radius 2 is 2.40 bits per heavy atom. The molecule has 0 radical (unpaired) electrons. The highest BCUT2D eigenvalue weighted by Crippen LogP contribution is 2.23. The van der Waals surface area contributed by atoms with Crippen molar-refractivity contribution in [3.63, 3.8) is 0 Å².